The number of furan rings is 1. The first-order valence-corrected chi connectivity index (χ1v) is 12.4. The van der Waals surface area contributed by atoms with Crippen LogP contribution >= 0.6 is 0 Å². The van der Waals surface area contributed by atoms with E-state index in [1.807, 2.05) is 42.7 Å². The molecule has 184 valence electrons. The van der Waals surface area contributed by atoms with Gasteiger partial charge >= 0.3 is 0 Å². The van der Waals surface area contributed by atoms with E-state index in [9.17, 15) is 0 Å². The summed E-state index contributed by atoms with van der Waals surface area (Å²) in [6, 6.07) is 22.4. The van der Waals surface area contributed by atoms with E-state index >= 15 is 0 Å². The molecule has 0 saturated carbocycles. The third-order valence-electron chi connectivity index (χ3n) is 6.60. The SMILES string of the molecule is c1ccc(CNCc2cncc(-c3ccc4[nH]nc(-c5cc6c(-c7ccoc7)nccc6[nH]5)c4n3)c2)cc1. The van der Waals surface area contributed by atoms with E-state index in [4.69, 9.17) is 9.40 Å². The molecular formula is C30H23N7O. The van der Waals surface area contributed by atoms with Gasteiger partial charge in [-0.2, -0.15) is 5.10 Å². The summed E-state index contributed by atoms with van der Waals surface area (Å²) < 4.78 is 5.27. The molecule has 3 N–H and O–H groups in total. The fourth-order valence-corrected chi connectivity index (χ4v) is 4.73. The number of nitrogens with zero attached hydrogens (tertiary/aromatic N) is 4. The van der Waals surface area contributed by atoms with Gasteiger partial charge in [-0.1, -0.05) is 30.3 Å². The molecule has 0 atom stereocenters. The number of hydrogen-bond donors (Lipinski definition) is 3. The third kappa shape index (κ3) is 4.12. The summed E-state index contributed by atoms with van der Waals surface area (Å²) >= 11 is 0. The first kappa shape index (κ1) is 22.1. The normalized spacial score (nSPS) is 11.5. The van der Waals surface area contributed by atoms with Crippen molar-refractivity contribution < 1.29 is 4.42 Å². The van der Waals surface area contributed by atoms with E-state index in [0.717, 1.165) is 74.5 Å². The Bertz CT molecular complexity index is 1850. The zero-order valence-electron chi connectivity index (χ0n) is 20.3. The maximum atomic E-state index is 5.27. The van der Waals surface area contributed by atoms with E-state index in [-0.39, 0.29) is 0 Å². The van der Waals surface area contributed by atoms with Gasteiger partial charge in [-0.15, -0.1) is 0 Å². The fourth-order valence-electron chi connectivity index (χ4n) is 4.73. The van der Waals surface area contributed by atoms with Crippen molar-refractivity contribution in [1.82, 2.24) is 35.5 Å². The zero-order valence-corrected chi connectivity index (χ0v) is 20.3. The number of nitrogens with one attached hydrogen (secondary N) is 3. The lowest BCUT2D eigenvalue weighted by Crippen LogP contribution is -2.12. The van der Waals surface area contributed by atoms with Crippen LogP contribution in [-0.2, 0) is 13.1 Å². The number of pyridine rings is 3. The number of hydrogen-bond acceptors (Lipinski definition) is 6. The van der Waals surface area contributed by atoms with Crippen LogP contribution in [0.15, 0.2) is 102 Å². The van der Waals surface area contributed by atoms with Crippen molar-refractivity contribution in [3.8, 4) is 33.9 Å². The highest BCUT2D eigenvalue weighted by molar-refractivity contribution is 5.99. The zero-order chi connectivity index (χ0) is 25.3. The molecule has 6 aromatic heterocycles. The Hall–Kier alpha value is -5.08. The number of benzene rings is 1. The number of aromatic amines is 2. The Kier molecular flexibility index (Phi) is 5.49. The molecule has 0 radical (unpaired) electrons. The second-order valence-electron chi connectivity index (χ2n) is 9.15. The van der Waals surface area contributed by atoms with Crippen LogP contribution in [0.4, 0.5) is 0 Å². The van der Waals surface area contributed by atoms with E-state index in [0.29, 0.717) is 0 Å². The van der Waals surface area contributed by atoms with Crippen LogP contribution in [0, 0.1) is 0 Å². The van der Waals surface area contributed by atoms with Crippen LogP contribution in [0.25, 0.3) is 55.8 Å². The highest BCUT2D eigenvalue weighted by Gasteiger charge is 2.16. The number of aromatic nitrogens is 6. The van der Waals surface area contributed by atoms with Gasteiger partial charge in [-0.05, 0) is 47.5 Å². The Morgan fingerprint density at radius 1 is 0.816 bits per heavy atom. The summed E-state index contributed by atoms with van der Waals surface area (Å²) in [6.07, 6.45) is 8.88. The Labute approximate surface area is 217 Å². The van der Waals surface area contributed by atoms with Gasteiger partial charge in [-0.3, -0.25) is 15.1 Å². The van der Waals surface area contributed by atoms with Crippen LogP contribution in [0.5, 0.6) is 0 Å². The Morgan fingerprint density at radius 3 is 2.63 bits per heavy atom. The van der Waals surface area contributed by atoms with Crippen molar-refractivity contribution in [2.24, 2.45) is 0 Å². The molecule has 6 heterocycles. The van der Waals surface area contributed by atoms with Crippen molar-refractivity contribution in [1.29, 1.82) is 0 Å². The number of rotatable bonds is 7. The van der Waals surface area contributed by atoms with Crippen LogP contribution < -0.4 is 5.32 Å². The van der Waals surface area contributed by atoms with Gasteiger partial charge < -0.3 is 14.7 Å². The first-order valence-electron chi connectivity index (χ1n) is 12.4. The number of fused-ring (bicyclic) bond motifs is 2. The third-order valence-corrected chi connectivity index (χ3v) is 6.60. The smallest absolute Gasteiger partial charge is 0.135 e. The summed E-state index contributed by atoms with van der Waals surface area (Å²) in [4.78, 5) is 17.5. The highest BCUT2D eigenvalue weighted by Crippen LogP contribution is 2.33. The summed E-state index contributed by atoms with van der Waals surface area (Å²) in [5, 5.41) is 12.2. The van der Waals surface area contributed by atoms with Crippen LogP contribution in [0.1, 0.15) is 11.1 Å². The topological polar surface area (TPSA) is 108 Å². The Morgan fingerprint density at radius 2 is 1.74 bits per heavy atom. The minimum absolute atomic E-state index is 0.719. The number of H-pyrrole nitrogens is 2. The molecule has 8 heteroatoms. The quantitative estimate of drug-likeness (QED) is 0.245. The molecule has 0 fully saturated rings. The van der Waals surface area contributed by atoms with E-state index in [1.165, 1.54) is 5.56 Å². The second-order valence-corrected chi connectivity index (χ2v) is 9.15. The van der Waals surface area contributed by atoms with Gasteiger partial charge in [0.2, 0.25) is 0 Å². The maximum Gasteiger partial charge on any atom is 0.135 e. The van der Waals surface area contributed by atoms with Crippen LogP contribution in [-0.4, -0.2) is 30.1 Å². The van der Waals surface area contributed by atoms with Crippen LogP contribution in [0.3, 0.4) is 0 Å². The molecule has 8 nitrogen and oxygen atoms in total. The van der Waals surface area contributed by atoms with Crippen molar-refractivity contribution in [2.75, 3.05) is 0 Å². The second kappa shape index (κ2) is 9.42. The van der Waals surface area contributed by atoms with Gasteiger partial charge in [-0.25, -0.2) is 4.98 Å². The minimum Gasteiger partial charge on any atom is -0.472 e. The van der Waals surface area contributed by atoms with Crippen LogP contribution in [0.2, 0.25) is 0 Å². The molecule has 38 heavy (non-hydrogen) atoms. The molecule has 7 aromatic rings. The standard InChI is InChI=1S/C30H23N7O/c1-2-4-19(5-3-1)14-31-15-20-12-22(17-32-16-20)24-6-7-26-29(35-24)30(37-36-26)27-13-23-25(34-27)8-10-33-28(23)21-9-11-38-18-21/h1-13,16-18,31,34H,14-15H2,(H,36,37). The predicted octanol–water partition coefficient (Wildman–Crippen LogP) is 6.11. The summed E-state index contributed by atoms with van der Waals surface area (Å²) in [5.41, 5.74) is 10.2. The lowest BCUT2D eigenvalue weighted by molar-refractivity contribution is 0.568. The average Bonchev–Trinajstić information content (AvgIpc) is 3.73. The molecular weight excluding hydrogens is 474 g/mol. The maximum absolute atomic E-state index is 5.27. The molecule has 0 unspecified atom stereocenters. The largest absolute Gasteiger partial charge is 0.472 e. The molecule has 0 amide bonds. The van der Waals surface area contributed by atoms with Crippen molar-refractivity contribution >= 4 is 21.9 Å². The monoisotopic (exact) mass is 497 g/mol. The summed E-state index contributed by atoms with van der Waals surface area (Å²) in [6.45, 7) is 1.52. The van der Waals surface area contributed by atoms with Crippen molar-refractivity contribution in [3.63, 3.8) is 0 Å². The van der Waals surface area contributed by atoms with Gasteiger partial charge in [0.25, 0.3) is 0 Å². The fraction of sp³-hybridized carbons (Fsp3) is 0.0667. The minimum atomic E-state index is 0.719. The lowest BCUT2D eigenvalue weighted by Gasteiger charge is -2.07. The van der Waals surface area contributed by atoms with E-state index in [2.05, 4.69) is 66.9 Å². The molecule has 0 spiro atoms. The molecule has 0 bridgehead atoms. The van der Waals surface area contributed by atoms with E-state index in [1.54, 1.807) is 18.7 Å². The van der Waals surface area contributed by atoms with E-state index < -0.39 is 0 Å². The van der Waals surface area contributed by atoms with Gasteiger partial charge in [0, 0.05) is 53.7 Å². The molecule has 7 rings (SSSR count). The summed E-state index contributed by atoms with van der Waals surface area (Å²) in [5.74, 6) is 0. The molecule has 0 aliphatic heterocycles. The molecule has 0 aliphatic carbocycles. The van der Waals surface area contributed by atoms with Crippen molar-refractivity contribution in [2.45, 2.75) is 13.1 Å². The van der Waals surface area contributed by atoms with Gasteiger partial charge in [0.1, 0.15) is 11.2 Å². The predicted molar refractivity (Wildman–Crippen MR) is 147 cm³/mol. The van der Waals surface area contributed by atoms with Gasteiger partial charge in [0.05, 0.1) is 35.1 Å². The van der Waals surface area contributed by atoms with Crippen molar-refractivity contribution in [3.05, 3.63) is 109 Å². The summed E-state index contributed by atoms with van der Waals surface area (Å²) in [7, 11) is 0. The molecule has 0 aliphatic rings. The highest BCUT2D eigenvalue weighted by atomic mass is 16.3. The van der Waals surface area contributed by atoms with Gasteiger partial charge in [0.15, 0.2) is 0 Å². The lowest BCUT2D eigenvalue weighted by atomic mass is 10.1. The average molecular weight is 498 g/mol. The molecule has 0 saturated heterocycles. The first-order chi connectivity index (χ1) is 18.8. The Balaban J connectivity index is 1.20. The molecule has 1 aromatic carbocycles.